The van der Waals surface area contributed by atoms with Crippen LogP contribution < -0.4 is 10.1 Å². The van der Waals surface area contributed by atoms with E-state index >= 15 is 0 Å². The lowest BCUT2D eigenvalue weighted by molar-refractivity contribution is -0.134. The molecule has 1 saturated heterocycles. The SMILES string of the molecule is COc1ccc(-c2noc(CN3CCN(C(=O)C(C)NC(=O)c4ccccc4Cl)CC3)n2)cc1. The molecule has 0 saturated carbocycles. The van der Waals surface area contributed by atoms with Gasteiger partial charge >= 0.3 is 0 Å². The number of halogens is 1. The quantitative estimate of drug-likeness (QED) is 0.551. The molecule has 1 unspecified atom stereocenters. The summed E-state index contributed by atoms with van der Waals surface area (Å²) in [5.74, 6) is 1.31. The number of hydrogen-bond acceptors (Lipinski definition) is 7. The van der Waals surface area contributed by atoms with Crippen LogP contribution in [0.25, 0.3) is 11.4 Å². The first-order chi connectivity index (χ1) is 16.4. The van der Waals surface area contributed by atoms with Crippen molar-refractivity contribution in [3.05, 3.63) is 65.0 Å². The standard InChI is InChI=1S/C24H26ClN5O4/c1-16(26-23(31)19-5-3-4-6-20(19)25)24(32)30-13-11-29(12-14-30)15-21-27-22(28-34-21)17-7-9-18(33-2)10-8-17/h3-10,16H,11-15H2,1-2H3,(H,26,31). The number of piperazine rings is 1. The molecule has 3 aromatic rings. The van der Waals surface area contributed by atoms with Gasteiger partial charge in [-0.25, -0.2) is 0 Å². The van der Waals surface area contributed by atoms with Crippen molar-refractivity contribution in [2.24, 2.45) is 0 Å². The Morgan fingerprint density at radius 3 is 2.50 bits per heavy atom. The second-order valence-electron chi connectivity index (χ2n) is 8.02. The first-order valence-corrected chi connectivity index (χ1v) is 11.4. The molecular weight excluding hydrogens is 458 g/mol. The number of amides is 2. The van der Waals surface area contributed by atoms with Gasteiger partial charge in [0.2, 0.25) is 17.6 Å². The van der Waals surface area contributed by atoms with E-state index in [9.17, 15) is 9.59 Å². The molecule has 1 N–H and O–H groups in total. The molecule has 4 rings (SSSR count). The smallest absolute Gasteiger partial charge is 0.253 e. The summed E-state index contributed by atoms with van der Waals surface area (Å²) in [5, 5.41) is 7.16. The minimum Gasteiger partial charge on any atom is -0.497 e. The van der Waals surface area contributed by atoms with Crippen LogP contribution in [0, 0.1) is 0 Å². The monoisotopic (exact) mass is 483 g/mol. The zero-order valence-corrected chi connectivity index (χ0v) is 19.8. The van der Waals surface area contributed by atoms with Crippen molar-refractivity contribution in [1.29, 1.82) is 0 Å². The molecule has 0 aliphatic carbocycles. The molecule has 1 atom stereocenters. The third-order valence-electron chi connectivity index (χ3n) is 5.70. The predicted octanol–water partition coefficient (Wildman–Crippen LogP) is 2.86. The predicted molar refractivity (Wildman–Crippen MR) is 127 cm³/mol. The van der Waals surface area contributed by atoms with Gasteiger partial charge in [-0.2, -0.15) is 4.98 Å². The Bertz CT molecular complexity index is 1140. The molecule has 1 aliphatic heterocycles. The third kappa shape index (κ3) is 5.55. The second kappa shape index (κ2) is 10.7. The average Bonchev–Trinajstić information content (AvgIpc) is 3.32. The first-order valence-electron chi connectivity index (χ1n) is 11.0. The number of nitrogens with zero attached hydrogens (tertiary/aromatic N) is 4. The number of benzene rings is 2. The van der Waals surface area contributed by atoms with Crippen LogP contribution in [-0.4, -0.2) is 71.1 Å². The lowest BCUT2D eigenvalue weighted by Gasteiger charge is -2.35. The Morgan fingerprint density at radius 1 is 1.12 bits per heavy atom. The van der Waals surface area contributed by atoms with Gasteiger partial charge in [0, 0.05) is 31.7 Å². The lowest BCUT2D eigenvalue weighted by Crippen LogP contribution is -2.53. The fraction of sp³-hybridized carbons (Fsp3) is 0.333. The molecule has 2 heterocycles. The van der Waals surface area contributed by atoms with E-state index in [4.69, 9.17) is 20.9 Å². The number of rotatable bonds is 7. The van der Waals surface area contributed by atoms with Crippen molar-refractivity contribution in [2.75, 3.05) is 33.3 Å². The van der Waals surface area contributed by atoms with Gasteiger partial charge < -0.3 is 19.5 Å². The summed E-state index contributed by atoms with van der Waals surface area (Å²) in [7, 11) is 1.62. The fourth-order valence-corrected chi connectivity index (χ4v) is 3.97. The van der Waals surface area contributed by atoms with Crippen LogP contribution in [-0.2, 0) is 11.3 Å². The van der Waals surface area contributed by atoms with Crippen molar-refractivity contribution < 1.29 is 18.8 Å². The molecule has 0 radical (unpaired) electrons. The molecular formula is C24H26ClN5O4. The van der Waals surface area contributed by atoms with Crippen LogP contribution in [0.15, 0.2) is 53.1 Å². The molecule has 1 aliphatic rings. The van der Waals surface area contributed by atoms with E-state index in [0.717, 1.165) is 11.3 Å². The van der Waals surface area contributed by atoms with Crippen molar-refractivity contribution in [3.63, 3.8) is 0 Å². The van der Waals surface area contributed by atoms with Gasteiger partial charge in [-0.15, -0.1) is 0 Å². The van der Waals surface area contributed by atoms with E-state index in [2.05, 4.69) is 20.4 Å². The van der Waals surface area contributed by atoms with Gasteiger partial charge in [0.15, 0.2) is 0 Å². The number of ether oxygens (including phenoxy) is 1. The van der Waals surface area contributed by atoms with Gasteiger partial charge in [0.25, 0.3) is 5.91 Å². The Morgan fingerprint density at radius 2 is 1.82 bits per heavy atom. The highest BCUT2D eigenvalue weighted by Gasteiger charge is 2.27. The molecule has 9 nitrogen and oxygen atoms in total. The average molecular weight is 484 g/mol. The Balaban J connectivity index is 1.27. The number of hydrogen-bond donors (Lipinski definition) is 1. The number of aromatic nitrogens is 2. The van der Waals surface area contributed by atoms with Gasteiger partial charge in [0.05, 0.1) is 24.2 Å². The summed E-state index contributed by atoms with van der Waals surface area (Å²) in [4.78, 5) is 33.7. The van der Waals surface area contributed by atoms with Crippen LogP contribution in [0.4, 0.5) is 0 Å². The summed E-state index contributed by atoms with van der Waals surface area (Å²) in [6, 6.07) is 13.6. The minimum absolute atomic E-state index is 0.125. The number of nitrogens with one attached hydrogen (secondary N) is 1. The summed E-state index contributed by atoms with van der Waals surface area (Å²) in [6.45, 7) is 4.61. The largest absolute Gasteiger partial charge is 0.497 e. The van der Waals surface area contributed by atoms with Gasteiger partial charge in [0.1, 0.15) is 11.8 Å². The van der Waals surface area contributed by atoms with E-state index in [-0.39, 0.29) is 11.8 Å². The maximum absolute atomic E-state index is 12.8. The van der Waals surface area contributed by atoms with Crippen LogP contribution in [0.5, 0.6) is 5.75 Å². The highest BCUT2D eigenvalue weighted by Crippen LogP contribution is 2.20. The molecule has 10 heteroatoms. The number of carbonyl (C=O) groups is 2. The lowest BCUT2D eigenvalue weighted by atomic mass is 10.2. The Labute approximate surface area is 202 Å². The summed E-state index contributed by atoms with van der Waals surface area (Å²) in [6.07, 6.45) is 0. The van der Waals surface area contributed by atoms with Crippen molar-refractivity contribution >= 4 is 23.4 Å². The molecule has 2 amide bonds. The highest BCUT2D eigenvalue weighted by molar-refractivity contribution is 6.33. The van der Waals surface area contributed by atoms with Crippen molar-refractivity contribution in [2.45, 2.75) is 19.5 Å². The Kier molecular flexibility index (Phi) is 7.44. The topological polar surface area (TPSA) is 101 Å². The maximum atomic E-state index is 12.8. The zero-order chi connectivity index (χ0) is 24.1. The molecule has 34 heavy (non-hydrogen) atoms. The second-order valence-corrected chi connectivity index (χ2v) is 8.42. The normalized spacial score (nSPS) is 15.1. The molecule has 0 bridgehead atoms. The number of methoxy groups -OCH3 is 1. The van der Waals surface area contributed by atoms with Crippen molar-refractivity contribution in [3.8, 4) is 17.1 Å². The maximum Gasteiger partial charge on any atom is 0.253 e. The Hall–Kier alpha value is -3.43. The molecule has 178 valence electrons. The third-order valence-corrected chi connectivity index (χ3v) is 6.03. The first kappa shape index (κ1) is 23.7. The van der Waals surface area contributed by atoms with E-state index in [1.54, 1.807) is 43.2 Å². The fourth-order valence-electron chi connectivity index (χ4n) is 3.75. The van der Waals surface area contributed by atoms with Gasteiger partial charge in [-0.3, -0.25) is 14.5 Å². The van der Waals surface area contributed by atoms with Gasteiger partial charge in [-0.1, -0.05) is 28.9 Å². The van der Waals surface area contributed by atoms with E-state index in [0.29, 0.717) is 55.0 Å². The number of carbonyl (C=O) groups excluding carboxylic acids is 2. The van der Waals surface area contributed by atoms with Crippen molar-refractivity contribution in [1.82, 2.24) is 25.3 Å². The summed E-state index contributed by atoms with van der Waals surface area (Å²) < 4.78 is 10.6. The van der Waals surface area contributed by atoms with E-state index in [1.165, 1.54) is 0 Å². The summed E-state index contributed by atoms with van der Waals surface area (Å²) >= 11 is 6.08. The van der Waals surface area contributed by atoms with Crippen LogP contribution in [0.3, 0.4) is 0 Å². The molecule has 2 aromatic carbocycles. The molecule has 0 spiro atoms. The van der Waals surface area contributed by atoms with Crippen LogP contribution in [0.1, 0.15) is 23.2 Å². The van der Waals surface area contributed by atoms with E-state index in [1.807, 2.05) is 24.3 Å². The van der Waals surface area contributed by atoms with Crippen LogP contribution in [0.2, 0.25) is 5.02 Å². The summed E-state index contributed by atoms with van der Waals surface area (Å²) in [5.41, 5.74) is 1.20. The van der Waals surface area contributed by atoms with E-state index < -0.39 is 6.04 Å². The zero-order valence-electron chi connectivity index (χ0n) is 19.0. The highest BCUT2D eigenvalue weighted by atomic mass is 35.5. The minimum atomic E-state index is -0.654. The molecule has 1 fully saturated rings. The molecule has 1 aromatic heterocycles. The van der Waals surface area contributed by atoms with Crippen LogP contribution >= 0.6 is 11.6 Å². The van der Waals surface area contributed by atoms with Gasteiger partial charge in [-0.05, 0) is 43.3 Å².